The van der Waals surface area contributed by atoms with Crippen LogP contribution in [0.15, 0.2) is 81.2 Å². The molecule has 0 radical (unpaired) electrons. The van der Waals surface area contributed by atoms with E-state index >= 15 is 0 Å². The predicted octanol–water partition coefficient (Wildman–Crippen LogP) is 5.72. The van der Waals surface area contributed by atoms with Crippen molar-refractivity contribution in [3.8, 4) is 0 Å². The Morgan fingerprint density at radius 2 is 1.97 bits per heavy atom. The van der Waals surface area contributed by atoms with Gasteiger partial charge in [-0.1, -0.05) is 30.3 Å². The summed E-state index contributed by atoms with van der Waals surface area (Å²) in [6.07, 6.45) is 3.30. The predicted molar refractivity (Wildman–Crippen MR) is 129 cm³/mol. The molecule has 0 unspecified atom stereocenters. The van der Waals surface area contributed by atoms with Crippen molar-refractivity contribution >= 4 is 46.1 Å². The van der Waals surface area contributed by atoms with E-state index in [9.17, 15) is 9.59 Å². The van der Waals surface area contributed by atoms with Crippen molar-refractivity contribution < 1.29 is 14.0 Å². The average molecular weight is 446 g/mol. The summed E-state index contributed by atoms with van der Waals surface area (Å²) in [5.41, 5.74) is 2.99. The maximum Gasteiger partial charge on any atom is 0.267 e. The molecule has 2 heterocycles. The molecule has 1 N–H and O–H groups in total. The third-order valence-electron chi connectivity index (χ3n) is 4.88. The first-order chi connectivity index (χ1) is 15.5. The van der Waals surface area contributed by atoms with E-state index in [1.807, 2.05) is 43.3 Å². The Morgan fingerprint density at radius 3 is 2.66 bits per heavy atom. The molecule has 0 aliphatic carbocycles. The van der Waals surface area contributed by atoms with E-state index in [-0.39, 0.29) is 11.7 Å². The van der Waals surface area contributed by atoms with Crippen molar-refractivity contribution in [2.24, 2.45) is 4.99 Å². The Bertz CT molecular complexity index is 1180. The first-order valence-electron chi connectivity index (χ1n) is 10.3. The number of aliphatic imine (C=N–C) groups is 1. The van der Waals surface area contributed by atoms with Gasteiger partial charge in [0.2, 0.25) is 0 Å². The molecule has 0 bridgehead atoms. The first-order valence-corrected chi connectivity index (χ1v) is 11.1. The van der Waals surface area contributed by atoms with Crippen LogP contribution < -0.4 is 5.32 Å². The Hall–Kier alpha value is -3.58. The van der Waals surface area contributed by atoms with Crippen molar-refractivity contribution in [2.45, 2.75) is 20.4 Å². The lowest BCUT2D eigenvalue weighted by molar-refractivity contribution is -0.122. The van der Waals surface area contributed by atoms with Crippen LogP contribution in [0.2, 0.25) is 0 Å². The second-order valence-corrected chi connectivity index (χ2v) is 8.22. The van der Waals surface area contributed by atoms with Crippen LogP contribution in [0.4, 0.5) is 11.4 Å². The summed E-state index contributed by atoms with van der Waals surface area (Å²) in [7, 11) is 0. The van der Waals surface area contributed by atoms with Crippen LogP contribution in [0.25, 0.3) is 6.08 Å². The summed E-state index contributed by atoms with van der Waals surface area (Å²) in [6, 6.07) is 18.8. The van der Waals surface area contributed by atoms with Crippen LogP contribution >= 0.6 is 11.8 Å². The second kappa shape index (κ2) is 9.70. The number of furan rings is 1. The zero-order valence-corrected chi connectivity index (χ0v) is 18.7. The number of thioether (sulfide) groups is 1. The molecular formula is C25H23N3O3S. The number of amidine groups is 1. The van der Waals surface area contributed by atoms with Crippen LogP contribution in [0.1, 0.15) is 35.5 Å². The van der Waals surface area contributed by atoms with E-state index in [0.29, 0.717) is 40.2 Å². The Kier molecular flexibility index (Phi) is 6.56. The molecule has 7 heteroatoms. The summed E-state index contributed by atoms with van der Waals surface area (Å²) in [6.45, 7) is 4.62. The van der Waals surface area contributed by atoms with Gasteiger partial charge in [0.15, 0.2) is 11.0 Å². The third-order valence-corrected chi connectivity index (χ3v) is 5.88. The number of rotatable bonds is 7. The molecule has 6 nitrogen and oxygen atoms in total. The van der Waals surface area contributed by atoms with Crippen molar-refractivity contribution in [3.63, 3.8) is 0 Å². The number of benzene rings is 2. The van der Waals surface area contributed by atoms with Gasteiger partial charge in [0.25, 0.3) is 5.91 Å². The molecule has 2 aromatic carbocycles. The van der Waals surface area contributed by atoms with Crippen molar-refractivity contribution in [1.82, 2.24) is 4.90 Å². The molecular weight excluding hydrogens is 422 g/mol. The minimum atomic E-state index is -0.137. The highest BCUT2D eigenvalue weighted by Crippen LogP contribution is 2.37. The van der Waals surface area contributed by atoms with Gasteiger partial charge in [-0.3, -0.25) is 14.5 Å². The average Bonchev–Trinajstić information content (AvgIpc) is 3.40. The molecule has 1 aliphatic heterocycles. The monoisotopic (exact) mass is 445 g/mol. The standard InChI is InChI=1S/C25H23N3O3S/c1-3-26-21-12-11-19(17(2)29)14-22(21)27-25-28(16-18-8-5-4-6-9-18)24(30)23(32-25)15-20-10-7-13-31-20/h4-15,26H,3,16H2,1-2H3. The summed E-state index contributed by atoms with van der Waals surface area (Å²) >= 11 is 1.30. The Balaban J connectivity index is 1.77. The van der Waals surface area contributed by atoms with Gasteiger partial charge in [-0.2, -0.15) is 0 Å². The normalized spacial score (nSPS) is 16.2. The molecule has 32 heavy (non-hydrogen) atoms. The molecule has 0 saturated carbocycles. The highest BCUT2D eigenvalue weighted by molar-refractivity contribution is 8.18. The summed E-state index contributed by atoms with van der Waals surface area (Å²) < 4.78 is 5.40. The molecule has 0 atom stereocenters. The van der Waals surface area contributed by atoms with Crippen LogP contribution in [0.3, 0.4) is 0 Å². The van der Waals surface area contributed by atoms with Crippen LogP contribution in [0, 0.1) is 0 Å². The molecule has 1 saturated heterocycles. The fourth-order valence-electron chi connectivity index (χ4n) is 3.29. The minimum absolute atomic E-state index is 0.0378. The number of ketones is 1. The van der Waals surface area contributed by atoms with Crippen molar-refractivity contribution in [3.05, 3.63) is 88.7 Å². The maximum atomic E-state index is 13.3. The Labute approximate surface area is 191 Å². The van der Waals surface area contributed by atoms with E-state index in [2.05, 4.69) is 5.32 Å². The lowest BCUT2D eigenvalue weighted by Gasteiger charge is -2.16. The van der Waals surface area contributed by atoms with Gasteiger partial charge in [-0.15, -0.1) is 0 Å². The molecule has 4 rings (SSSR count). The molecule has 1 fully saturated rings. The van der Waals surface area contributed by atoms with Crippen molar-refractivity contribution in [2.75, 3.05) is 11.9 Å². The van der Waals surface area contributed by atoms with E-state index in [1.54, 1.807) is 41.5 Å². The van der Waals surface area contributed by atoms with Gasteiger partial charge in [0.1, 0.15) is 5.76 Å². The smallest absolute Gasteiger partial charge is 0.267 e. The van der Waals surface area contributed by atoms with E-state index < -0.39 is 0 Å². The molecule has 1 aliphatic rings. The molecule has 0 spiro atoms. The number of Topliss-reactive ketones (excluding diaryl/α,β-unsaturated/α-hetero) is 1. The fraction of sp³-hybridized carbons (Fsp3) is 0.160. The Morgan fingerprint density at radius 1 is 1.16 bits per heavy atom. The minimum Gasteiger partial charge on any atom is -0.465 e. The van der Waals surface area contributed by atoms with Gasteiger partial charge in [-0.05, 0) is 61.5 Å². The summed E-state index contributed by atoms with van der Waals surface area (Å²) in [5, 5.41) is 3.83. The number of carbonyl (C=O) groups is 2. The zero-order valence-electron chi connectivity index (χ0n) is 17.9. The highest BCUT2D eigenvalue weighted by atomic mass is 32.2. The number of amides is 1. The number of carbonyl (C=O) groups excluding carboxylic acids is 2. The maximum absolute atomic E-state index is 13.3. The number of nitrogens with zero attached hydrogens (tertiary/aromatic N) is 2. The number of hydrogen-bond donors (Lipinski definition) is 1. The van der Waals surface area contributed by atoms with Gasteiger partial charge >= 0.3 is 0 Å². The fourth-order valence-corrected chi connectivity index (χ4v) is 4.26. The second-order valence-electron chi connectivity index (χ2n) is 7.22. The molecule has 1 aromatic heterocycles. The lowest BCUT2D eigenvalue weighted by Crippen LogP contribution is -2.28. The van der Waals surface area contributed by atoms with Crippen molar-refractivity contribution in [1.29, 1.82) is 0 Å². The highest BCUT2D eigenvalue weighted by Gasteiger charge is 2.34. The van der Waals surface area contributed by atoms with Crippen LogP contribution in [0.5, 0.6) is 0 Å². The summed E-state index contributed by atoms with van der Waals surface area (Å²) in [4.78, 5) is 32.2. The van der Waals surface area contributed by atoms with E-state index in [4.69, 9.17) is 9.41 Å². The molecule has 162 valence electrons. The zero-order chi connectivity index (χ0) is 22.5. The SMILES string of the molecule is CCNc1ccc(C(C)=O)cc1N=C1SC(=Cc2ccco2)C(=O)N1Cc1ccccc1. The van der Waals surface area contributed by atoms with Gasteiger partial charge in [0.05, 0.1) is 29.1 Å². The number of nitrogens with one attached hydrogen (secondary N) is 1. The quantitative estimate of drug-likeness (QED) is 0.372. The summed E-state index contributed by atoms with van der Waals surface area (Å²) in [5.74, 6) is 0.430. The third kappa shape index (κ3) is 4.84. The molecule has 3 aromatic rings. The van der Waals surface area contributed by atoms with E-state index in [1.165, 1.54) is 18.7 Å². The first kappa shape index (κ1) is 21.6. The van der Waals surface area contributed by atoms with E-state index in [0.717, 1.165) is 11.3 Å². The lowest BCUT2D eigenvalue weighted by atomic mass is 10.1. The van der Waals surface area contributed by atoms with Crippen LogP contribution in [-0.2, 0) is 11.3 Å². The molecule has 1 amide bonds. The topological polar surface area (TPSA) is 74.9 Å². The number of hydrogen-bond acceptors (Lipinski definition) is 6. The van der Waals surface area contributed by atoms with Gasteiger partial charge in [0, 0.05) is 18.2 Å². The van der Waals surface area contributed by atoms with Gasteiger partial charge < -0.3 is 9.73 Å². The van der Waals surface area contributed by atoms with Crippen LogP contribution in [-0.4, -0.2) is 28.3 Å². The number of anilines is 1. The van der Waals surface area contributed by atoms with Gasteiger partial charge in [-0.25, -0.2) is 4.99 Å². The largest absolute Gasteiger partial charge is 0.465 e.